The van der Waals surface area contributed by atoms with E-state index in [9.17, 15) is 5.11 Å². The molecular formula is C12H23NO. The minimum Gasteiger partial charge on any atom is -0.389 e. The summed E-state index contributed by atoms with van der Waals surface area (Å²) in [6, 6.07) is 0. The van der Waals surface area contributed by atoms with Gasteiger partial charge in [-0.25, -0.2) is 0 Å². The van der Waals surface area contributed by atoms with Crippen LogP contribution in [0.2, 0.25) is 0 Å². The van der Waals surface area contributed by atoms with Crippen LogP contribution >= 0.6 is 0 Å². The van der Waals surface area contributed by atoms with Crippen LogP contribution < -0.4 is 5.32 Å². The topological polar surface area (TPSA) is 32.3 Å². The second kappa shape index (κ2) is 3.82. The van der Waals surface area contributed by atoms with Crippen LogP contribution in [0.3, 0.4) is 0 Å². The smallest absolute Gasteiger partial charge is 0.0771 e. The van der Waals surface area contributed by atoms with Gasteiger partial charge in [0, 0.05) is 12.1 Å². The van der Waals surface area contributed by atoms with Crippen molar-refractivity contribution in [1.29, 1.82) is 0 Å². The predicted octanol–water partition coefficient (Wildman–Crippen LogP) is 2.21. The van der Waals surface area contributed by atoms with E-state index in [4.69, 9.17) is 0 Å². The SMILES string of the molecule is CCC1(NCC2(O)CCCC2)CCC1. The van der Waals surface area contributed by atoms with Crippen molar-refractivity contribution in [2.75, 3.05) is 6.54 Å². The van der Waals surface area contributed by atoms with Crippen molar-refractivity contribution in [3.05, 3.63) is 0 Å². The summed E-state index contributed by atoms with van der Waals surface area (Å²) in [5.41, 5.74) is 0.0100. The highest BCUT2D eigenvalue weighted by molar-refractivity contribution is 4.97. The van der Waals surface area contributed by atoms with Crippen molar-refractivity contribution >= 4 is 0 Å². The van der Waals surface area contributed by atoms with Crippen molar-refractivity contribution in [3.8, 4) is 0 Å². The Labute approximate surface area is 87.1 Å². The first-order valence-corrected chi connectivity index (χ1v) is 6.16. The van der Waals surface area contributed by atoms with Crippen LogP contribution in [0.15, 0.2) is 0 Å². The van der Waals surface area contributed by atoms with Gasteiger partial charge < -0.3 is 10.4 Å². The summed E-state index contributed by atoms with van der Waals surface area (Å²) in [6.45, 7) is 3.08. The first-order valence-electron chi connectivity index (χ1n) is 6.16. The Balaban J connectivity index is 1.80. The van der Waals surface area contributed by atoms with E-state index in [0.717, 1.165) is 19.4 Å². The number of rotatable bonds is 4. The molecular weight excluding hydrogens is 174 g/mol. The van der Waals surface area contributed by atoms with Gasteiger partial charge in [0.15, 0.2) is 0 Å². The van der Waals surface area contributed by atoms with Gasteiger partial charge in [-0.05, 0) is 38.5 Å². The number of nitrogens with one attached hydrogen (secondary N) is 1. The molecule has 2 aliphatic rings. The van der Waals surface area contributed by atoms with E-state index in [0.29, 0.717) is 5.54 Å². The maximum absolute atomic E-state index is 10.2. The fourth-order valence-electron chi connectivity index (χ4n) is 2.82. The third-order valence-electron chi connectivity index (χ3n) is 4.31. The average Bonchev–Trinajstić information content (AvgIpc) is 2.52. The highest BCUT2D eigenvalue weighted by Gasteiger charge is 2.38. The average molecular weight is 197 g/mol. The third-order valence-corrected chi connectivity index (χ3v) is 4.31. The largest absolute Gasteiger partial charge is 0.389 e. The molecule has 82 valence electrons. The van der Waals surface area contributed by atoms with E-state index in [-0.39, 0.29) is 5.60 Å². The molecule has 2 rings (SSSR count). The van der Waals surface area contributed by atoms with Crippen LogP contribution in [0.5, 0.6) is 0 Å². The zero-order valence-electron chi connectivity index (χ0n) is 9.31. The van der Waals surface area contributed by atoms with E-state index >= 15 is 0 Å². The van der Waals surface area contributed by atoms with Crippen molar-refractivity contribution in [1.82, 2.24) is 5.32 Å². The lowest BCUT2D eigenvalue weighted by Crippen LogP contribution is -2.55. The predicted molar refractivity (Wildman–Crippen MR) is 58.3 cm³/mol. The Kier molecular flexibility index (Phi) is 2.85. The maximum atomic E-state index is 10.2. The Morgan fingerprint density at radius 3 is 2.14 bits per heavy atom. The summed E-state index contributed by atoms with van der Waals surface area (Å²) in [5.74, 6) is 0. The standard InChI is InChI=1S/C12H23NO/c1-2-11(6-5-7-11)13-10-12(14)8-3-4-9-12/h13-14H,2-10H2,1H3. The summed E-state index contributed by atoms with van der Waals surface area (Å²) in [6.07, 6.45) is 9.59. The van der Waals surface area contributed by atoms with Crippen molar-refractivity contribution in [2.24, 2.45) is 0 Å². The summed E-state index contributed by atoms with van der Waals surface area (Å²) >= 11 is 0. The van der Waals surface area contributed by atoms with Gasteiger partial charge in [0.1, 0.15) is 0 Å². The second-order valence-electron chi connectivity index (χ2n) is 5.27. The Morgan fingerprint density at radius 2 is 1.71 bits per heavy atom. The molecule has 2 heteroatoms. The lowest BCUT2D eigenvalue weighted by atomic mass is 9.74. The molecule has 0 aliphatic heterocycles. The molecule has 0 unspecified atom stereocenters. The van der Waals surface area contributed by atoms with E-state index in [2.05, 4.69) is 12.2 Å². The molecule has 2 nitrogen and oxygen atoms in total. The zero-order chi connectivity index (χ0) is 10.1. The normalized spacial score (nSPS) is 28.7. The molecule has 0 radical (unpaired) electrons. The van der Waals surface area contributed by atoms with Gasteiger partial charge in [-0.3, -0.25) is 0 Å². The molecule has 0 heterocycles. The van der Waals surface area contributed by atoms with Crippen molar-refractivity contribution in [2.45, 2.75) is 69.4 Å². The molecule has 0 aromatic rings. The molecule has 0 aromatic heterocycles. The molecule has 0 saturated heterocycles. The van der Waals surface area contributed by atoms with Crippen LogP contribution in [0.1, 0.15) is 58.3 Å². The van der Waals surface area contributed by atoms with Gasteiger partial charge in [-0.2, -0.15) is 0 Å². The molecule has 2 aliphatic carbocycles. The minimum atomic E-state index is -0.377. The number of hydrogen-bond acceptors (Lipinski definition) is 2. The van der Waals surface area contributed by atoms with Crippen LogP contribution in [-0.2, 0) is 0 Å². The summed E-state index contributed by atoms with van der Waals surface area (Å²) in [5, 5.41) is 13.8. The molecule has 0 spiro atoms. The van der Waals surface area contributed by atoms with Crippen LogP contribution in [0.25, 0.3) is 0 Å². The van der Waals surface area contributed by atoms with Gasteiger partial charge >= 0.3 is 0 Å². The first-order chi connectivity index (χ1) is 6.68. The molecule has 0 atom stereocenters. The Bertz CT molecular complexity index is 185. The fourth-order valence-corrected chi connectivity index (χ4v) is 2.82. The number of β-amino-alcohol motifs (C(OH)–C–C–N with tert-alkyl or cyclic N) is 1. The van der Waals surface area contributed by atoms with Gasteiger partial charge in [0.05, 0.1) is 5.60 Å². The summed E-state index contributed by atoms with van der Waals surface area (Å²) < 4.78 is 0. The Morgan fingerprint density at radius 1 is 1.07 bits per heavy atom. The lowest BCUT2D eigenvalue weighted by Gasteiger charge is -2.44. The molecule has 2 fully saturated rings. The van der Waals surface area contributed by atoms with Crippen LogP contribution in [0, 0.1) is 0 Å². The highest BCUT2D eigenvalue weighted by Crippen LogP contribution is 2.36. The van der Waals surface area contributed by atoms with Gasteiger partial charge in [-0.15, -0.1) is 0 Å². The second-order valence-corrected chi connectivity index (χ2v) is 5.27. The minimum absolute atomic E-state index is 0.377. The molecule has 0 amide bonds. The quantitative estimate of drug-likeness (QED) is 0.724. The van der Waals surface area contributed by atoms with Gasteiger partial charge in [0.25, 0.3) is 0 Å². The van der Waals surface area contributed by atoms with Crippen molar-refractivity contribution < 1.29 is 5.11 Å². The fraction of sp³-hybridized carbons (Fsp3) is 1.00. The zero-order valence-corrected chi connectivity index (χ0v) is 9.31. The monoisotopic (exact) mass is 197 g/mol. The number of aliphatic hydroxyl groups is 1. The molecule has 14 heavy (non-hydrogen) atoms. The molecule has 0 aromatic carbocycles. The van der Waals surface area contributed by atoms with Crippen molar-refractivity contribution in [3.63, 3.8) is 0 Å². The van der Waals surface area contributed by atoms with Gasteiger partial charge in [-0.1, -0.05) is 19.8 Å². The van der Waals surface area contributed by atoms with Gasteiger partial charge in [0.2, 0.25) is 0 Å². The Hall–Kier alpha value is -0.0800. The van der Waals surface area contributed by atoms with E-state index in [1.807, 2.05) is 0 Å². The summed E-state index contributed by atoms with van der Waals surface area (Å²) in [4.78, 5) is 0. The summed E-state index contributed by atoms with van der Waals surface area (Å²) in [7, 11) is 0. The van der Waals surface area contributed by atoms with E-state index in [1.165, 1.54) is 38.5 Å². The van der Waals surface area contributed by atoms with E-state index in [1.54, 1.807) is 0 Å². The highest BCUT2D eigenvalue weighted by atomic mass is 16.3. The number of hydrogen-bond donors (Lipinski definition) is 2. The molecule has 0 bridgehead atoms. The first kappa shape index (κ1) is 10.4. The maximum Gasteiger partial charge on any atom is 0.0771 e. The van der Waals surface area contributed by atoms with E-state index < -0.39 is 0 Å². The molecule has 2 saturated carbocycles. The van der Waals surface area contributed by atoms with Crippen LogP contribution in [-0.4, -0.2) is 22.8 Å². The van der Waals surface area contributed by atoms with Crippen LogP contribution in [0.4, 0.5) is 0 Å². The molecule has 2 N–H and O–H groups in total. The third kappa shape index (κ3) is 1.96. The lowest BCUT2D eigenvalue weighted by molar-refractivity contribution is 0.0282.